The van der Waals surface area contributed by atoms with Gasteiger partial charge in [-0.3, -0.25) is 9.10 Å². The molecule has 0 radical (unpaired) electrons. The molecule has 0 aromatic heterocycles. The van der Waals surface area contributed by atoms with E-state index in [0.29, 0.717) is 11.4 Å². The molecule has 1 atom stereocenters. The molecule has 6 nitrogen and oxygen atoms in total. The lowest BCUT2D eigenvalue weighted by molar-refractivity contribution is -0.122. The predicted octanol–water partition coefficient (Wildman–Crippen LogP) is 3.11. The molecule has 0 saturated carbocycles. The Morgan fingerprint density at radius 3 is 2.12 bits per heavy atom. The van der Waals surface area contributed by atoms with Gasteiger partial charge in [-0.25, -0.2) is 8.42 Å². The number of sulfonamides is 1. The largest absolute Gasteiger partial charge is 0.481 e. The van der Waals surface area contributed by atoms with Crippen LogP contribution in [0, 0.1) is 13.8 Å². The number of amides is 1. The monoisotopic (exact) mass is 376 g/mol. The van der Waals surface area contributed by atoms with Crippen LogP contribution >= 0.6 is 0 Å². The quantitative estimate of drug-likeness (QED) is 0.840. The van der Waals surface area contributed by atoms with E-state index >= 15 is 0 Å². The molecule has 1 amide bonds. The van der Waals surface area contributed by atoms with E-state index < -0.39 is 16.1 Å². The van der Waals surface area contributed by atoms with Crippen LogP contribution in [-0.2, 0) is 14.8 Å². The van der Waals surface area contributed by atoms with Crippen LogP contribution < -0.4 is 14.4 Å². The van der Waals surface area contributed by atoms with Crippen LogP contribution in [-0.4, -0.2) is 33.7 Å². The molecule has 0 heterocycles. The number of carbonyl (C=O) groups is 1. The molecule has 0 aliphatic heterocycles. The molecule has 0 bridgehead atoms. The molecule has 0 fully saturated rings. The Hall–Kier alpha value is -2.54. The Labute approximate surface area is 154 Å². The van der Waals surface area contributed by atoms with Crippen molar-refractivity contribution in [2.45, 2.75) is 26.9 Å². The Balaban J connectivity index is 2.05. The van der Waals surface area contributed by atoms with E-state index in [0.717, 1.165) is 23.1 Å². The van der Waals surface area contributed by atoms with Crippen LogP contribution in [0.25, 0.3) is 0 Å². The number of nitrogens with zero attached hydrogens (tertiary/aromatic N) is 1. The minimum Gasteiger partial charge on any atom is -0.481 e. The Bertz CT molecular complexity index is 872. The van der Waals surface area contributed by atoms with E-state index in [-0.39, 0.29) is 5.91 Å². The fourth-order valence-electron chi connectivity index (χ4n) is 2.42. The zero-order valence-corrected chi connectivity index (χ0v) is 16.4. The molecule has 0 aliphatic carbocycles. The summed E-state index contributed by atoms with van der Waals surface area (Å²) < 4.78 is 30.0. The van der Waals surface area contributed by atoms with Crippen LogP contribution in [0.1, 0.15) is 18.1 Å². The van der Waals surface area contributed by atoms with Crippen LogP contribution in [0.2, 0.25) is 0 Å². The third-order valence-corrected chi connectivity index (χ3v) is 5.31. The summed E-state index contributed by atoms with van der Waals surface area (Å²) in [6.45, 7) is 5.54. The Kier molecular flexibility index (Phi) is 5.92. The molecule has 0 spiro atoms. The van der Waals surface area contributed by atoms with Gasteiger partial charge in [-0.2, -0.15) is 0 Å². The van der Waals surface area contributed by atoms with Crippen molar-refractivity contribution in [2.75, 3.05) is 22.9 Å². The molecular formula is C19H24N2O4S. The van der Waals surface area contributed by atoms with Crippen molar-refractivity contribution in [1.82, 2.24) is 0 Å². The second-order valence-corrected chi connectivity index (χ2v) is 8.25. The van der Waals surface area contributed by atoms with Gasteiger partial charge in [-0.05, 0) is 56.2 Å². The number of ether oxygens (including phenoxy) is 1. The number of hydrogen-bond acceptors (Lipinski definition) is 4. The van der Waals surface area contributed by atoms with Crippen molar-refractivity contribution in [2.24, 2.45) is 0 Å². The van der Waals surface area contributed by atoms with E-state index in [1.165, 1.54) is 11.4 Å². The van der Waals surface area contributed by atoms with E-state index in [2.05, 4.69) is 5.32 Å². The molecule has 1 N–H and O–H groups in total. The number of hydrogen-bond donors (Lipinski definition) is 1. The van der Waals surface area contributed by atoms with Gasteiger partial charge in [0.15, 0.2) is 6.10 Å². The molecule has 7 heteroatoms. The summed E-state index contributed by atoms with van der Waals surface area (Å²) in [6.07, 6.45) is 0.435. The lowest BCUT2D eigenvalue weighted by atomic mass is 10.1. The third kappa shape index (κ3) is 4.76. The number of rotatable bonds is 6. The van der Waals surface area contributed by atoms with Crippen molar-refractivity contribution < 1.29 is 17.9 Å². The van der Waals surface area contributed by atoms with Crippen LogP contribution in [0.5, 0.6) is 5.75 Å². The van der Waals surface area contributed by atoms with Gasteiger partial charge in [-0.15, -0.1) is 0 Å². The maximum atomic E-state index is 12.4. The normalized spacial score (nSPS) is 12.3. The van der Waals surface area contributed by atoms with Crippen molar-refractivity contribution in [3.8, 4) is 5.75 Å². The van der Waals surface area contributed by atoms with Gasteiger partial charge in [-0.1, -0.05) is 18.2 Å². The first-order chi connectivity index (χ1) is 12.1. The highest BCUT2D eigenvalue weighted by molar-refractivity contribution is 7.92. The molecular weight excluding hydrogens is 352 g/mol. The van der Waals surface area contributed by atoms with Gasteiger partial charge in [0, 0.05) is 12.7 Å². The van der Waals surface area contributed by atoms with Crippen molar-refractivity contribution in [3.05, 3.63) is 53.6 Å². The summed E-state index contributed by atoms with van der Waals surface area (Å²) >= 11 is 0. The first kappa shape index (κ1) is 19.8. The molecule has 2 aromatic rings. The number of aryl methyl sites for hydroxylation is 2. The second kappa shape index (κ2) is 7.78. The SMILES string of the molecule is Cc1cccc(C)c1NC(=O)[C@@H](C)Oc1ccc(N(C)S(C)(=O)=O)cc1. The smallest absolute Gasteiger partial charge is 0.265 e. The summed E-state index contributed by atoms with van der Waals surface area (Å²) in [5, 5.41) is 2.90. The lowest BCUT2D eigenvalue weighted by Gasteiger charge is -2.19. The summed E-state index contributed by atoms with van der Waals surface area (Å²) in [5.74, 6) is 0.236. The van der Waals surface area contributed by atoms with E-state index in [1.807, 2.05) is 32.0 Å². The van der Waals surface area contributed by atoms with E-state index in [1.54, 1.807) is 31.2 Å². The highest BCUT2D eigenvalue weighted by Crippen LogP contribution is 2.22. The number of nitrogens with one attached hydrogen (secondary N) is 1. The zero-order valence-electron chi connectivity index (χ0n) is 15.6. The minimum atomic E-state index is -3.32. The summed E-state index contributed by atoms with van der Waals surface area (Å²) in [7, 11) is -1.84. The van der Waals surface area contributed by atoms with Crippen molar-refractivity contribution >= 4 is 27.3 Å². The Morgan fingerprint density at radius 2 is 1.62 bits per heavy atom. The number of anilines is 2. The molecule has 26 heavy (non-hydrogen) atoms. The van der Waals surface area contributed by atoms with Crippen LogP contribution in [0.4, 0.5) is 11.4 Å². The maximum Gasteiger partial charge on any atom is 0.265 e. The molecule has 0 aliphatic rings. The first-order valence-corrected chi connectivity index (χ1v) is 10.0. The van der Waals surface area contributed by atoms with Gasteiger partial charge in [0.1, 0.15) is 5.75 Å². The standard InChI is InChI=1S/C19H24N2O4S/c1-13-7-6-8-14(2)18(13)20-19(22)15(3)25-17-11-9-16(10-12-17)21(4)26(5,23)24/h6-12,15H,1-5H3,(H,20,22)/t15-/m1/s1. The summed E-state index contributed by atoms with van der Waals surface area (Å²) in [4.78, 5) is 12.4. The fraction of sp³-hybridized carbons (Fsp3) is 0.316. The number of carbonyl (C=O) groups excluding carboxylic acids is 1. The molecule has 0 unspecified atom stereocenters. The topological polar surface area (TPSA) is 75.7 Å². The molecule has 0 saturated heterocycles. The van der Waals surface area contributed by atoms with Gasteiger partial charge in [0.25, 0.3) is 5.91 Å². The van der Waals surface area contributed by atoms with Crippen LogP contribution in [0.3, 0.4) is 0 Å². The van der Waals surface area contributed by atoms with Gasteiger partial charge in [0.05, 0.1) is 11.9 Å². The summed E-state index contributed by atoms with van der Waals surface area (Å²) in [6, 6.07) is 12.4. The average molecular weight is 376 g/mol. The fourth-order valence-corrected chi connectivity index (χ4v) is 2.92. The number of benzene rings is 2. The number of para-hydroxylation sites is 1. The van der Waals surface area contributed by atoms with Crippen molar-refractivity contribution in [1.29, 1.82) is 0 Å². The van der Waals surface area contributed by atoms with Gasteiger partial charge < -0.3 is 10.1 Å². The second-order valence-electron chi connectivity index (χ2n) is 6.24. The van der Waals surface area contributed by atoms with Gasteiger partial charge >= 0.3 is 0 Å². The lowest BCUT2D eigenvalue weighted by Crippen LogP contribution is -2.30. The zero-order chi connectivity index (χ0) is 19.5. The maximum absolute atomic E-state index is 12.4. The first-order valence-electron chi connectivity index (χ1n) is 8.17. The van der Waals surface area contributed by atoms with E-state index in [4.69, 9.17) is 4.74 Å². The third-order valence-electron chi connectivity index (χ3n) is 4.11. The Morgan fingerprint density at radius 1 is 1.08 bits per heavy atom. The summed E-state index contributed by atoms with van der Waals surface area (Å²) in [5.41, 5.74) is 3.28. The molecule has 140 valence electrons. The van der Waals surface area contributed by atoms with Gasteiger partial charge in [0.2, 0.25) is 10.0 Å². The van der Waals surface area contributed by atoms with E-state index in [9.17, 15) is 13.2 Å². The molecule has 2 rings (SSSR count). The predicted molar refractivity (Wildman–Crippen MR) is 104 cm³/mol. The van der Waals surface area contributed by atoms with Crippen LogP contribution in [0.15, 0.2) is 42.5 Å². The van der Waals surface area contributed by atoms with Crippen molar-refractivity contribution in [3.63, 3.8) is 0 Å². The average Bonchev–Trinajstić information content (AvgIpc) is 2.57. The highest BCUT2D eigenvalue weighted by atomic mass is 32.2. The minimum absolute atomic E-state index is 0.250. The highest BCUT2D eigenvalue weighted by Gasteiger charge is 2.17. The molecule has 2 aromatic carbocycles.